The highest BCUT2D eigenvalue weighted by molar-refractivity contribution is 7.86. The van der Waals surface area contributed by atoms with Gasteiger partial charge in [-0.2, -0.15) is 8.42 Å². The highest BCUT2D eigenvalue weighted by Crippen LogP contribution is 2.26. The Hall–Kier alpha value is -2.80. The van der Waals surface area contributed by atoms with Gasteiger partial charge >= 0.3 is 16.1 Å². The van der Waals surface area contributed by atoms with Crippen molar-refractivity contribution in [1.82, 2.24) is 4.98 Å². The second-order valence-electron chi connectivity index (χ2n) is 5.40. The number of rotatable bonds is 6. The van der Waals surface area contributed by atoms with Crippen molar-refractivity contribution in [3.63, 3.8) is 0 Å². The second-order valence-corrected chi connectivity index (χ2v) is 6.97. The molecule has 0 aliphatic carbocycles. The summed E-state index contributed by atoms with van der Waals surface area (Å²) in [4.78, 5) is 14.9. The van der Waals surface area contributed by atoms with Crippen molar-refractivity contribution in [2.75, 3.05) is 6.61 Å². The van der Waals surface area contributed by atoms with Crippen LogP contribution in [0.1, 0.15) is 22.8 Å². The first-order valence-corrected chi connectivity index (χ1v) is 9.30. The van der Waals surface area contributed by atoms with Gasteiger partial charge in [0.05, 0.1) is 12.2 Å². The van der Waals surface area contributed by atoms with Gasteiger partial charge < -0.3 is 13.9 Å². The lowest BCUT2D eigenvalue weighted by atomic mass is 10.2. The van der Waals surface area contributed by atoms with E-state index in [9.17, 15) is 13.2 Å². The van der Waals surface area contributed by atoms with Gasteiger partial charge in [-0.1, -0.05) is 30.3 Å². The molecule has 0 spiro atoms. The Morgan fingerprint density at radius 2 is 1.88 bits per heavy atom. The molecule has 3 rings (SSSR count). The van der Waals surface area contributed by atoms with E-state index in [1.807, 2.05) is 6.07 Å². The topological polar surface area (TPSA) is 85.5 Å². The van der Waals surface area contributed by atoms with Crippen LogP contribution in [0.15, 0.2) is 54.7 Å². The molecule has 0 aliphatic rings. The molecule has 1 heterocycles. The Morgan fingerprint density at radius 3 is 2.60 bits per heavy atom. The van der Waals surface area contributed by atoms with Crippen LogP contribution in [0.4, 0.5) is 0 Å². The maximum absolute atomic E-state index is 12.2. The number of H-pyrrole nitrogens is 1. The summed E-state index contributed by atoms with van der Waals surface area (Å²) in [6.45, 7) is 1.98. The molecule has 25 heavy (non-hydrogen) atoms. The zero-order valence-corrected chi connectivity index (χ0v) is 14.4. The number of esters is 1. The fourth-order valence-corrected chi connectivity index (χ4v) is 3.54. The third-order valence-electron chi connectivity index (χ3n) is 3.56. The summed E-state index contributed by atoms with van der Waals surface area (Å²) >= 11 is 0. The highest BCUT2D eigenvalue weighted by atomic mass is 32.2. The monoisotopic (exact) mass is 359 g/mol. The highest BCUT2D eigenvalue weighted by Gasteiger charge is 2.17. The molecule has 3 aromatic rings. The van der Waals surface area contributed by atoms with Crippen LogP contribution in [0.25, 0.3) is 10.9 Å². The fourth-order valence-electron chi connectivity index (χ4n) is 2.48. The molecule has 0 saturated heterocycles. The average Bonchev–Trinajstić information content (AvgIpc) is 2.98. The molecule has 130 valence electrons. The third kappa shape index (κ3) is 4.00. The number of hydrogen-bond donors (Lipinski definition) is 1. The number of fused-ring (bicyclic) bond motifs is 1. The van der Waals surface area contributed by atoms with E-state index in [1.54, 1.807) is 37.3 Å². The van der Waals surface area contributed by atoms with E-state index in [0.717, 1.165) is 0 Å². The minimum Gasteiger partial charge on any atom is -0.462 e. The summed E-state index contributed by atoms with van der Waals surface area (Å²) in [5.74, 6) is -0.560. The first-order valence-electron chi connectivity index (χ1n) is 7.73. The van der Waals surface area contributed by atoms with Crippen molar-refractivity contribution in [3.8, 4) is 5.75 Å². The van der Waals surface area contributed by atoms with Gasteiger partial charge in [-0.25, -0.2) is 4.79 Å². The number of ether oxygens (including phenoxy) is 1. The van der Waals surface area contributed by atoms with E-state index in [1.165, 1.54) is 18.3 Å². The quantitative estimate of drug-likeness (QED) is 0.539. The van der Waals surface area contributed by atoms with E-state index in [0.29, 0.717) is 22.0 Å². The zero-order chi connectivity index (χ0) is 17.9. The van der Waals surface area contributed by atoms with E-state index in [-0.39, 0.29) is 18.1 Å². The summed E-state index contributed by atoms with van der Waals surface area (Å²) in [6.07, 6.45) is 1.53. The van der Waals surface area contributed by atoms with Crippen LogP contribution in [0.3, 0.4) is 0 Å². The number of carbonyl (C=O) groups excluding carboxylic acids is 1. The van der Waals surface area contributed by atoms with Gasteiger partial charge in [-0.3, -0.25) is 0 Å². The molecule has 1 N–H and O–H groups in total. The van der Waals surface area contributed by atoms with Crippen molar-refractivity contribution in [2.24, 2.45) is 0 Å². The number of benzene rings is 2. The Kier molecular flexibility index (Phi) is 4.76. The Morgan fingerprint density at radius 1 is 1.12 bits per heavy atom. The van der Waals surface area contributed by atoms with Gasteiger partial charge in [0, 0.05) is 17.1 Å². The molecule has 2 aromatic carbocycles. The number of aromatic amines is 1. The fraction of sp³-hybridized carbons (Fsp3) is 0.167. The van der Waals surface area contributed by atoms with Gasteiger partial charge in [-0.15, -0.1) is 0 Å². The van der Waals surface area contributed by atoms with Crippen LogP contribution >= 0.6 is 0 Å². The molecule has 0 saturated carbocycles. The van der Waals surface area contributed by atoms with Crippen LogP contribution in [0.2, 0.25) is 0 Å². The second kappa shape index (κ2) is 6.98. The van der Waals surface area contributed by atoms with E-state index >= 15 is 0 Å². The van der Waals surface area contributed by atoms with Crippen LogP contribution in [-0.2, 0) is 20.6 Å². The summed E-state index contributed by atoms with van der Waals surface area (Å²) in [5, 5.41) is 0.547. The Bertz CT molecular complexity index is 993. The number of carbonyl (C=O) groups is 1. The Labute approximate surface area is 145 Å². The lowest BCUT2D eigenvalue weighted by molar-refractivity contribution is 0.0528. The Balaban J connectivity index is 1.86. The molecule has 0 unspecified atom stereocenters. The minimum atomic E-state index is -3.81. The molecular weight excluding hydrogens is 342 g/mol. The number of aromatic nitrogens is 1. The van der Waals surface area contributed by atoms with Gasteiger partial charge in [0.15, 0.2) is 0 Å². The SMILES string of the molecule is CCOC(=O)c1c[nH]c2ccc(OS(=O)(=O)Cc3ccccc3)cc12. The summed E-state index contributed by atoms with van der Waals surface area (Å²) < 4.78 is 34.7. The van der Waals surface area contributed by atoms with Crippen LogP contribution in [0.5, 0.6) is 5.75 Å². The summed E-state index contributed by atoms with van der Waals surface area (Å²) in [7, 11) is -3.81. The molecule has 0 amide bonds. The van der Waals surface area contributed by atoms with Crippen molar-refractivity contribution in [1.29, 1.82) is 0 Å². The standard InChI is InChI=1S/C18H17NO5S/c1-2-23-18(20)16-11-19-17-9-8-14(10-15(16)17)24-25(21,22)12-13-6-4-3-5-7-13/h3-11,19H,2,12H2,1H3. The van der Waals surface area contributed by atoms with Crippen molar-refractivity contribution < 1.29 is 22.1 Å². The van der Waals surface area contributed by atoms with Gasteiger partial charge in [0.2, 0.25) is 0 Å². The molecule has 0 aliphatic heterocycles. The maximum Gasteiger partial charge on any atom is 0.340 e. The van der Waals surface area contributed by atoms with Crippen LogP contribution in [-0.4, -0.2) is 26.0 Å². The van der Waals surface area contributed by atoms with E-state index in [2.05, 4.69) is 4.98 Å². The minimum absolute atomic E-state index is 0.147. The van der Waals surface area contributed by atoms with Gasteiger partial charge in [-0.05, 0) is 30.7 Å². The first kappa shape index (κ1) is 17.0. The largest absolute Gasteiger partial charge is 0.462 e. The van der Waals surface area contributed by atoms with Crippen molar-refractivity contribution in [3.05, 3.63) is 65.9 Å². The summed E-state index contributed by atoms with van der Waals surface area (Å²) in [5.41, 5.74) is 1.66. The van der Waals surface area contributed by atoms with E-state index < -0.39 is 16.1 Å². The lowest BCUT2D eigenvalue weighted by Gasteiger charge is -2.08. The van der Waals surface area contributed by atoms with Crippen molar-refractivity contribution >= 4 is 27.0 Å². The first-order chi connectivity index (χ1) is 12.0. The average molecular weight is 359 g/mol. The van der Waals surface area contributed by atoms with E-state index in [4.69, 9.17) is 8.92 Å². The lowest BCUT2D eigenvalue weighted by Crippen LogP contribution is -2.12. The van der Waals surface area contributed by atoms with Crippen molar-refractivity contribution in [2.45, 2.75) is 12.7 Å². The molecule has 0 bridgehead atoms. The van der Waals surface area contributed by atoms with Gasteiger partial charge in [0.25, 0.3) is 0 Å². The molecule has 7 heteroatoms. The zero-order valence-electron chi connectivity index (χ0n) is 13.6. The molecule has 0 atom stereocenters. The smallest absolute Gasteiger partial charge is 0.340 e. The third-order valence-corrected chi connectivity index (χ3v) is 4.69. The molecule has 6 nitrogen and oxygen atoms in total. The van der Waals surface area contributed by atoms with Crippen LogP contribution in [0, 0.1) is 0 Å². The molecule has 0 radical (unpaired) electrons. The number of hydrogen-bond acceptors (Lipinski definition) is 5. The van der Waals surface area contributed by atoms with Gasteiger partial charge in [0.1, 0.15) is 11.5 Å². The molecule has 1 aromatic heterocycles. The predicted octanol–water partition coefficient (Wildman–Crippen LogP) is 3.25. The summed E-state index contributed by atoms with van der Waals surface area (Å²) in [6, 6.07) is 13.5. The normalized spacial score (nSPS) is 11.4. The molecular formula is C18H17NO5S. The molecule has 0 fully saturated rings. The predicted molar refractivity (Wildman–Crippen MR) is 93.9 cm³/mol. The number of nitrogens with one attached hydrogen (secondary N) is 1. The maximum atomic E-state index is 12.2. The van der Waals surface area contributed by atoms with Crippen LogP contribution < -0.4 is 4.18 Å².